The number of benzene rings is 1. The number of aryl methyl sites for hydroxylation is 1. The minimum Gasteiger partial charge on any atom is -0.396 e. The van der Waals surface area contributed by atoms with Gasteiger partial charge in [0.05, 0.1) is 21.8 Å². The Morgan fingerprint density at radius 1 is 1.34 bits per heavy atom. The SMILES string of the molecule is Cc1ccc(Nc2c(NS(=O)(=O)C3(CCO)CC3)cn3ccnc3c2Cl)c(F)c1. The number of nitrogens with zero attached hydrogens (tertiary/aromatic N) is 2. The van der Waals surface area contributed by atoms with Gasteiger partial charge < -0.3 is 14.8 Å². The van der Waals surface area contributed by atoms with Gasteiger partial charge in [-0.2, -0.15) is 0 Å². The number of aliphatic hydroxyl groups is 1. The van der Waals surface area contributed by atoms with Crippen molar-refractivity contribution in [2.75, 3.05) is 16.6 Å². The number of sulfonamides is 1. The molecule has 0 spiro atoms. The Bertz CT molecular complexity index is 1190. The molecule has 3 aromatic rings. The number of aromatic nitrogens is 2. The highest BCUT2D eigenvalue weighted by molar-refractivity contribution is 7.94. The Morgan fingerprint density at radius 3 is 2.76 bits per heavy atom. The number of imidazole rings is 1. The Labute approximate surface area is 172 Å². The quantitative estimate of drug-likeness (QED) is 0.521. The summed E-state index contributed by atoms with van der Waals surface area (Å²) in [4.78, 5) is 4.17. The van der Waals surface area contributed by atoms with Crippen LogP contribution in [0.2, 0.25) is 5.02 Å². The van der Waals surface area contributed by atoms with Crippen LogP contribution in [0, 0.1) is 12.7 Å². The van der Waals surface area contributed by atoms with E-state index in [1.807, 2.05) is 0 Å². The zero-order chi connectivity index (χ0) is 20.8. The van der Waals surface area contributed by atoms with E-state index in [1.54, 1.807) is 29.7 Å². The molecule has 1 fully saturated rings. The Kier molecular flexibility index (Phi) is 4.92. The van der Waals surface area contributed by atoms with E-state index >= 15 is 0 Å². The molecule has 2 heterocycles. The Morgan fingerprint density at radius 2 is 2.10 bits per heavy atom. The van der Waals surface area contributed by atoms with E-state index < -0.39 is 20.6 Å². The maximum Gasteiger partial charge on any atom is 0.238 e. The molecule has 154 valence electrons. The number of nitrogens with one attached hydrogen (secondary N) is 2. The third-order valence-electron chi connectivity index (χ3n) is 5.20. The number of anilines is 3. The third-order valence-corrected chi connectivity index (χ3v) is 7.79. The fourth-order valence-electron chi connectivity index (χ4n) is 3.33. The number of hydrogen-bond donors (Lipinski definition) is 3. The van der Waals surface area contributed by atoms with Crippen LogP contribution in [0.25, 0.3) is 5.65 Å². The number of aliphatic hydroxyl groups excluding tert-OH is 1. The minimum absolute atomic E-state index is 0.152. The van der Waals surface area contributed by atoms with Gasteiger partial charge in [0.15, 0.2) is 5.65 Å². The number of hydrogen-bond acceptors (Lipinski definition) is 5. The molecule has 0 unspecified atom stereocenters. The first-order chi connectivity index (χ1) is 13.8. The topological polar surface area (TPSA) is 95.7 Å². The smallest absolute Gasteiger partial charge is 0.238 e. The van der Waals surface area contributed by atoms with E-state index in [4.69, 9.17) is 11.6 Å². The average molecular weight is 439 g/mol. The van der Waals surface area contributed by atoms with Crippen molar-refractivity contribution in [2.24, 2.45) is 0 Å². The molecule has 7 nitrogen and oxygen atoms in total. The van der Waals surface area contributed by atoms with Gasteiger partial charge in [-0.25, -0.2) is 17.8 Å². The molecule has 4 rings (SSSR count). The first kappa shape index (κ1) is 19.9. The van der Waals surface area contributed by atoms with Crippen molar-refractivity contribution in [3.8, 4) is 0 Å². The van der Waals surface area contributed by atoms with Crippen LogP contribution in [0.15, 0.2) is 36.8 Å². The summed E-state index contributed by atoms with van der Waals surface area (Å²) in [6.45, 7) is 1.55. The summed E-state index contributed by atoms with van der Waals surface area (Å²) in [5.41, 5.74) is 1.69. The Balaban J connectivity index is 1.79. The molecular weight excluding hydrogens is 419 g/mol. The highest BCUT2D eigenvalue weighted by atomic mass is 35.5. The van der Waals surface area contributed by atoms with Crippen molar-refractivity contribution in [3.05, 3.63) is 53.2 Å². The Hall–Kier alpha value is -2.36. The molecule has 1 saturated carbocycles. The lowest BCUT2D eigenvalue weighted by Crippen LogP contribution is -2.31. The van der Waals surface area contributed by atoms with E-state index in [9.17, 15) is 17.9 Å². The van der Waals surface area contributed by atoms with E-state index in [2.05, 4.69) is 15.0 Å². The summed E-state index contributed by atoms with van der Waals surface area (Å²) < 4.78 is 43.5. The second-order valence-corrected chi connectivity index (χ2v) is 9.72. The maximum atomic E-state index is 14.4. The van der Waals surface area contributed by atoms with Gasteiger partial charge in [-0.1, -0.05) is 17.7 Å². The summed E-state index contributed by atoms with van der Waals surface area (Å²) in [5, 5.41) is 12.3. The fraction of sp³-hybridized carbons (Fsp3) is 0.316. The van der Waals surface area contributed by atoms with Gasteiger partial charge in [-0.3, -0.25) is 4.72 Å². The fourth-order valence-corrected chi connectivity index (χ4v) is 5.28. The first-order valence-electron chi connectivity index (χ1n) is 9.08. The van der Waals surface area contributed by atoms with Gasteiger partial charge in [0.25, 0.3) is 0 Å². The predicted octanol–water partition coefficient (Wildman–Crippen LogP) is 3.84. The van der Waals surface area contributed by atoms with Crippen LogP contribution in [0.1, 0.15) is 24.8 Å². The van der Waals surface area contributed by atoms with Gasteiger partial charge in [0.2, 0.25) is 10.0 Å². The molecule has 2 aromatic heterocycles. The predicted molar refractivity (Wildman–Crippen MR) is 111 cm³/mol. The molecule has 0 aliphatic heterocycles. The van der Waals surface area contributed by atoms with Crippen molar-refractivity contribution in [3.63, 3.8) is 0 Å². The van der Waals surface area contributed by atoms with Gasteiger partial charge >= 0.3 is 0 Å². The van der Waals surface area contributed by atoms with E-state index in [1.165, 1.54) is 18.5 Å². The lowest BCUT2D eigenvalue weighted by Gasteiger charge is -2.20. The van der Waals surface area contributed by atoms with Gasteiger partial charge in [0, 0.05) is 25.2 Å². The summed E-state index contributed by atoms with van der Waals surface area (Å²) >= 11 is 6.50. The molecule has 0 bridgehead atoms. The van der Waals surface area contributed by atoms with Crippen LogP contribution < -0.4 is 10.0 Å². The highest BCUT2D eigenvalue weighted by Gasteiger charge is 2.54. The van der Waals surface area contributed by atoms with Crippen molar-refractivity contribution in [1.29, 1.82) is 0 Å². The van der Waals surface area contributed by atoms with Gasteiger partial charge in [-0.05, 0) is 43.9 Å². The van der Waals surface area contributed by atoms with Crippen LogP contribution in [0.5, 0.6) is 0 Å². The van der Waals surface area contributed by atoms with Gasteiger partial charge in [-0.15, -0.1) is 0 Å². The van der Waals surface area contributed by atoms with Crippen LogP contribution in [-0.2, 0) is 10.0 Å². The number of fused-ring (bicyclic) bond motifs is 1. The normalized spacial score (nSPS) is 15.4. The zero-order valence-corrected chi connectivity index (χ0v) is 17.2. The lowest BCUT2D eigenvalue weighted by atomic mass is 10.2. The van der Waals surface area contributed by atoms with Crippen LogP contribution >= 0.6 is 11.6 Å². The molecular formula is C19H20ClFN4O3S. The molecule has 0 saturated heterocycles. The number of halogens is 2. The first-order valence-corrected chi connectivity index (χ1v) is 10.9. The minimum atomic E-state index is -3.80. The van der Waals surface area contributed by atoms with E-state index in [0.717, 1.165) is 5.56 Å². The van der Waals surface area contributed by atoms with Crippen LogP contribution in [0.4, 0.5) is 21.5 Å². The van der Waals surface area contributed by atoms with Crippen molar-refractivity contribution < 1.29 is 17.9 Å². The molecule has 3 N–H and O–H groups in total. The summed E-state index contributed by atoms with van der Waals surface area (Å²) in [6, 6.07) is 4.66. The number of pyridine rings is 1. The van der Waals surface area contributed by atoms with Crippen molar-refractivity contribution in [1.82, 2.24) is 9.38 Å². The van der Waals surface area contributed by atoms with E-state index in [-0.39, 0.29) is 35.1 Å². The second-order valence-electron chi connectivity index (χ2n) is 7.26. The van der Waals surface area contributed by atoms with Crippen LogP contribution in [-0.4, -0.2) is 34.3 Å². The second kappa shape index (κ2) is 7.16. The molecule has 1 aromatic carbocycles. The monoisotopic (exact) mass is 438 g/mol. The summed E-state index contributed by atoms with van der Waals surface area (Å²) in [7, 11) is -3.80. The zero-order valence-electron chi connectivity index (χ0n) is 15.6. The average Bonchev–Trinajstić information content (AvgIpc) is 3.30. The number of rotatable bonds is 7. The largest absolute Gasteiger partial charge is 0.396 e. The van der Waals surface area contributed by atoms with E-state index in [0.29, 0.717) is 18.5 Å². The van der Waals surface area contributed by atoms with Crippen molar-refractivity contribution in [2.45, 2.75) is 30.9 Å². The summed E-state index contributed by atoms with van der Waals surface area (Å²) in [5.74, 6) is -0.489. The lowest BCUT2D eigenvalue weighted by molar-refractivity contribution is 0.283. The highest BCUT2D eigenvalue weighted by Crippen LogP contribution is 2.48. The van der Waals surface area contributed by atoms with Crippen molar-refractivity contribution >= 4 is 44.3 Å². The molecule has 29 heavy (non-hydrogen) atoms. The third kappa shape index (κ3) is 3.54. The molecule has 1 aliphatic carbocycles. The van der Waals surface area contributed by atoms with Gasteiger partial charge in [0.1, 0.15) is 10.8 Å². The van der Waals surface area contributed by atoms with Crippen LogP contribution in [0.3, 0.4) is 0 Å². The standard InChI is InChI=1S/C19H20ClFN4O3S/c1-12-2-3-14(13(21)10-12)23-17-15(11-25-8-7-22-18(25)16(17)20)24-29(27,28)19(4-5-19)6-9-26/h2-3,7-8,10-11,23-24,26H,4-6,9H2,1H3. The molecule has 0 atom stereocenters. The molecule has 1 aliphatic rings. The molecule has 0 radical (unpaired) electrons. The molecule has 0 amide bonds. The molecule has 10 heteroatoms. The summed E-state index contributed by atoms with van der Waals surface area (Å²) in [6.07, 6.45) is 5.80. The maximum absolute atomic E-state index is 14.4.